The van der Waals surface area contributed by atoms with Gasteiger partial charge in [-0.2, -0.15) is 0 Å². The van der Waals surface area contributed by atoms with Crippen LogP contribution in [0.4, 0.5) is 0 Å². The molecule has 6 atom stereocenters. The molecule has 0 amide bonds. The fourth-order valence-corrected chi connectivity index (χ4v) is 5.43. The lowest BCUT2D eigenvalue weighted by Crippen LogP contribution is -2.59. The fourth-order valence-electron chi connectivity index (χ4n) is 4.96. The number of fused-ring (bicyclic) bond motifs is 3. The van der Waals surface area contributed by atoms with Crippen LogP contribution in [0.2, 0.25) is 0 Å². The quantitative estimate of drug-likeness (QED) is 0.358. The van der Waals surface area contributed by atoms with Gasteiger partial charge in [-0.15, -0.1) is 11.8 Å². The molecule has 37 heavy (non-hydrogen) atoms. The van der Waals surface area contributed by atoms with Gasteiger partial charge in [0.25, 0.3) is 0 Å². The first-order chi connectivity index (χ1) is 17.8. The molecule has 1 aliphatic heterocycles. The van der Waals surface area contributed by atoms with E-state index in [1.807, 2.05) is 18.4 Å². The number of thioether (sulfide) groups is 1. The van der Waals surface area contributed by atoms with E-state index in [1.165, 1.54) is 26.0 Å². The van der Waals surface area contributed by atoms with Crippen molar-refractivity contribution in [2.75, 3.05) is 40.8 Å². The number of methoxy groups -OCH3 is 3. The summed E-state index contributed by atoms with van der Waals surface area (Å²) in [6.07, 6.45) is -4.66. The molecule has 0 unspecified atom stereocenters. The third kappa shape index (κ3) is 5.05. The van der Waals surface area contributed by atoms with Crippen LogP contribution in [0, 0.1) is 0 Å². The summed E-state index contributed by atoms with van der Waals surface area (Å²) in [5.41, 5.74) is 3.00. The van der Waals surface area contributed by atoms with Gasteiger partial charge in [-0.05, 0) is 47.6 Å². The second kappa shape index (κ2) is 11.6. The number of rotatable bonds is 8. The first-order valence-electron chi connectivity index (χ1n) is 11.8. The van der Waals surface area contributed by atoms with E-state index < -0.39 is 37.3 Å². The first-order valence-corrected chi connectivity index (χ1v) is 13.0. The molecule has 1 saturated heterocycles. The van der Waals surface area contributed by atoms with E-state index in [4.69, 9.17) is 23.7 Å². The summed E-state index contributed by atoms with van der Waals surface area (Å²) in [7, 11) is 4.61. The highest BCUT2D eigenvalue weighted by molar-refractivity contribution is 7.98. The maximum atomic E-state index is 13.0. The number of aliphatic hydroxyl groups excluding tert-OH is 4. The molecule has 2 aromatic carbocycles. The Hall–Kier alpha value is -2.38. The molecule has 1 fully saturated rings. The van der Waals surface area contributed by atoms with Crippen LogP contribution in [0.25, 0.3) is 11.1 Å². The van der Waals surface area contributed by atoms with Crippen LogP contribution in [0.5, 0.6) is 17.2 Å². The van der Waals surface area contributed by atoms with Crippen LogP contribution in [0.15, 0.2) is 34.0 Å². The zero-order valence-electron chi connectivity index (χ0n) is 21.0. The van der Waals surface area contributed by atoms with E-state index in [9.17, 15) is 25.2 Å². The Morgan fingerprint density at radius 2 is 1.73 bits per heavy atom. The largest absolute Gasteiger partial charge is 0.493 e. The Morgan fingerprint density at radius 1 is 1.00 bits per heavy atom. The molecule has 2 aliphatic rings. The van der Waals surface area contributed by atoms with Crippen LogP contribution in [0.1, 0.15) is 17.0 Å². The smallest absolute Gasteiger partial charge is 0.203 e. The molecule has 4 N–H and O–H groups in total. The summed E-state index contributed by atoms with van der Waals surface area (Å²) in [5, 5.41) is 40.1. The van der Waals surface area contributed by atoms with Gasteiger partial charge in [-0.1, -0.05) is 6.07 Å². The van der Waals surface area contributed by atoms with E-state index in [1.54, 1.807) is 19.2 Å². The Bertz CT molecular complexity index is 1190. The summed E-state index contributed by atoms with van der Waals surface area (Å²) in [6, 6.07) is 7.09. The monoisotopic (exact) mass is 536 g/mol. The molecule has 0 radical (unpaired) electrons. The van der Waals surface area contributed by atoms with Gasteiger partial charge in [-0.3, -0.25) is 4.79 Å². The summed E-state index contributed by atoms with van der Waals surface area (Å²) < 4.78 is 28.3. The molecule has 1 heterocycles. The third-order valence-electron chi connectivity index (χ3n) is 6.86. The van der Waals surface area contributed by atoms with Gasteiger partial charge in [0.15, 0.2) is 23.2 Å². The zero-order chi connectivity index (χ0) is 26.9. The highest BCUT2D eigenvalue weighted by atomic mass is 32.2. The maximum absolute atomic E-state index is 13.0. The number of ether oxygens (including phenoxy) is 5. The van der Waals surface area contributed by atoms with E-state index in [2.05, 4.69) is 0 Å². The fraction of sp³-hybridized carbons (Fsp3) is 0.500. The normalized spacial score (nSPS) is 26.7. The van der Waals surface area contributed by atoms with E-state index in [0.29, 0.717) is 34.1 Å². The topological polar surface area (TPSA) is 144 Å². The van der Waals surface area contributed by atoms with Gasteiger partial charge in [0.05, 0.1) is 39.4 Å². The summed E-state index contributed by atoms with van der Waals surface area (Å²) in [4.78, 5) is 13.6. The van der Waals surface area contributed by atoms with Gasteiger partial charge in [-0.25, -0.2) is 0 Å². The lowest BCUT2D eigenvalue weighted by atomic mass is 9.79. The minimum Gasteiger partial charge on any atom is -0.493 e. The van der Waals surface area contributed by atoms with Crippen molar-refractivity contribution in [1.82, 2.24) is 0 Å². The molecule has 1 aliphatic carbocycles. The van der Waals surface area contributed by atoms with Crippen LogP contribution < -0.4 is 19.6 Å². The summed E-state index contributed by atoms with van der Waals surface area (Å²) >= 11 is 1.35. The minimum absolute atomic E-state index is 0.0177. The van der Waals surface area contributed by atoms with Crippen molar-refractivity contribution in [2.45, 2.75) is 47.9 Å². The van der Waals surface area contributed by atoms with Crippen molar-refractivity contribution < 1.29 is 44.1 Å². The van der Waals surface area contributed by atoms with E-state index in [0.717, 1.165) is 16.7 Å². The highest BCUT2D eigenvalue weighted by Crippen LogP contribution is 2.51. The molecule has 202 valence electrons. The SMILES string of the molecule is COc1cc2c(c(OC)c1OC)-c1ccc(SC)c(=O)cc1[C@@H](CO[C@@H]1O[C@H](CO)[C@@H](O)[C@H](O)[C@H]1O)C2. The van der Waals surface area contributed by atoms with Gasteiger partial charge in [0.2, 0.25) is 5.75 Å². The van der Waals surface area contributed by atoms with Gasteiger partial charge >= 0.3 is 0 Å². The number of hydrogen-bond donors (Lipinski definition) is 4. The molecule has 0 spiro atoms. The number of aliphatic hydroxyl groups is 4. The van der Waals surface area contributed by atoms with Crippen LogP contribution in [-0.4, -0.2) is 91.9 Å². The Balaban J connectivity index is 1.78. The highest BCUT2D eigenvalue weighted by Gasteiger charge is 2.44. The first kappa shape index (κ1) is 27.6. The van der Waals surface area contributed by atoms with Crippen LogP contribution in [0.3, 0.4) is 0 Å². The van der Waals surface area contributed by atoms with Crippen molar-refractivity contribution in [3.05, 3.63) is 45.6 Å². The Morgan fingerprint density at radius 3 is 2.35 bits per heavy atom. The predicted octanol–water partition coefficient (Wildman–Crippen LogP) is 0.918. The van der Waals surface area contributed by atoms with Crippen molar-refractivity contribution in [1.29, 1.82) is 0 Å². The van der Waals surface area contributed by atoms with Gasteiger partial charge in [0, 0.05) is 11.5 Å². The van der Waals surface area contributed by atoms with Crippen LogP contribution >= 0.6 is 11.8 Å². The molecule has 2 aromatic rings. The molecular formula is C26H32O10S. The molecule has 0 bridgehead atoms. The average molecular weight is 537 g/mol. The predicted molar refractivity (Wildman–Crippen MR) is 136 cm³/mol. The lowest BCUT2D eigenvalue weighted by Gasteiger charge is -2.40. The molecule has 10 nitrogen and oxygen atoms in total. The van der Waals surface area contributed by atoms with Crippen LogP contribution in [-0.2, 0) is 15.9 Å². The molecular weight excluding hydrogens is 504 g/mol. The van der Waals surface area contributed by atoms with Crippen molar-refractivity contribution in [3.63, 3.8) is 0 Å². The van der Waals surface area contributed by atoms with Crippen molar-refractivity contribution >= 4 is 11.8 Å². The Kier molecular flexibility index (Phi) is 8.64. The molecule has 0 saturated carbocycles. The maximum Gasteiger partial charge on any atom is 0.203 e. The van der Waals surface area contributed by atoms with Crippen molar-refractivity contribution in [3.8, 4) is 28.4 Å². The second-order valence-corrected chi connectivity index (χ2v) is 9.74. The van der Waals surface area contributed by atoms with E-state index in [-0.39, 0.29) is 18.0 Å². The summed E-state index contributed by atoms with van der Waals surface area (Å²) in [6.45, 7) is -0.539. The average Bonchev–Trinajstić information content (AvgIpc) is 3.08. The molecule has 4 rings (SSSR count). The standard InChI is InChI=1S/C26H32O10S/c1-32-17-8-12-7-13(11-35-26-23(31)22(30)21(29)18(10-27)36-26)15-9-16(28)19(37-4)6-5-14(15)20(12)25(34-3)24(17)33-2/h5-6,8-9,13,18,21-23,26-27,29-31H,7,10-11H2,1-4H3/t13-,18-,21-,22+,23-,26-/m1/s1. The number of hydrogen-bond acceptors (Lipinski definition) is 11. The minimum atomic E-state index is -1.55. The second-order valence-electron chi connectivity index (χ2n) is 8.89. The third-order valence-corrected chi connectivity index (χ3v) is 7.64. The lowest BCUT2D eigenvalue weighted by molar-refractivity contribution is -0.301. The summed E-state index contributed by atoms with van der Waals surface area (Å²) in [5.74, 6) is 1.07. The molecule has 11 heteroatoms. The molecule has 0 aromatic heterocycles. The van der Waals surface area contributed by atoms with Crippen molar-refractivity contribution in [2.24, 2.45) is 0 Å². The van der Waals surface area contributed by atoms with Gasteiger partial charge in [0.1, 0.15) is 24.4 Å². The zero-order valence-corrected chi connectivity index (χ0v) is 21.9. The number of benzene rings is 1. The van der Waals surface area contributed by atoms with Gasteiger partial charge < -0.3 is 44.1 Å². The Labute approximate surface area is 218 Å². The van der Waals surface area contributed by atoms with E-state index >= 15 is 0 Å².